The van der Waals surface area contributed by atoms with Crippen LogP contribution in [0, 0.1) is 13.8 Å². The molecule has 1 N–H and O–H groups in total. The molecule has 0 amide bonds. The monoisotopic (exact) mass is 326 g/mol. The van der Waals surface area contributed by atoms with Crippen molar-refractivity contribution in [2.24, 2.45) is 0 Å². The van der Waals surface area contributed by atoms with Crippen molar-refractivity contribution < 1.29 is 13.2 Å². The lowest BCUT2D eigenvalue weighted by molar-refractivity contribution is 0.339. The molecule has 0 bridgehead atoms. The van der Waals surface area contributed by atoms with Gasteiger partial charge in [0.1, 0.15) is 10.8 Å². The lowest BCUT2D eigenvalue weighted by Gasteiger charge is -2.10. The van der Waals surface area contributed by atoms with Gasteiger partial charge in [-0.15, -0.1) is 11.3 Å². The van der Waals surface area contributed by atoms with Crippen LogP contribution in [-0.4, -0.2) is 20.0 Å². The van der Waals surface area contributed by atoms with Crippen molar-refractivity contribution in [1.29, 1.82) is 0 Å². The molecule has 2 rings (SSSR count). The Morgan fingerprint density at radius 2 is 2.10 bits per heavy atom. The molecule has 0 radical (unpaired) electrons. The quantitative estimate of drug-likeness (QED) is 0.886. The third kappa shape index (κ3) is 4.03. The zero-order valence-corrected chi connectivity index (χ0v) is 13.8. The van der Waals surface area contributed by atoms with E-state index in [2.05, 4.69) is 9.71 Å². The van der Waals surface area contributed by atoms with Crippen molar-refractivity contribution in [2.75, 3.05) is 6.61 Å². The molecule has 0 aliphatic heterocycles. The molecule has 0 unspecified atom stereocenters. The molecule has 0 aliphatic carbocycles. The van der Waals surface area contributed by atoms with Crippen molar-refractivity contribution in [2.45, 2.75) is 32.2 Å². The van der Waals surface area contributed by atoms with Crippen LogP contribution in [0.25, 0.3) is 0 Å². The number of thiazole rings is 1. The van der Waals surface area contributed by atoms with E-state index in [4.69, 9.17) is 4.74 Å². The van der Waals surface area contributed by atoms with Gasteiger partial charge in [-0.1, -0.05) is 0 Å². The first kappa shape index (κ1) is 15.9. The van der Waals surface area contributed by atoms with Gasteiger partial charge < -0.3 is 4.74 Å². The summed E-state index contributed by atoms with van der Waals surface area (Å²) in [6, 6.07) is 4.96. The normalized spacial score (nSPS) is 11.6. The van der Waals surface area contributed by atoms with Crippen LogP contribution in [0.4, 0.5) is 0 Å². The summed E-state index contributed by atoms with van der Waals surface area (Å²) in [6.07, 6.45) is 0. The maximum Gasteiger partial charge on any atom is 0.241 e. The SMILES string of the molecule is CCOc1ccc(S(=O)(=O)NCc2nc(C)cs2)c(C)c1. The first-order valence-corrected chi connectivity index (χ1v) is 8.93. The first-order valence-electron chi connectivity index (χ1n) is 6.56. The minimum atomic E-state index is -3.55. The maximum absolute atomic E-state index is 12.3. The van der Waals surface area contributed by atoms with Crippen molar-refractivity contribution >= 4 is 21.4 Å². The summed E-state index contributed by atoms with van der Waals surface area (Å²) < 4.78 is 32.6. The van der Waals surface area contributed by atoms with Crippen LogP contribution in [-0.2, 0) is 16.6 Å². The summed E-state index contributed by atoms with van der Waals surface area (Å²) in [5.74, 6) is 0.671. The number of aryl methyl sites for hydroxylation is 2. The number of hydrogen-bond acceptors (Lipinski definition) is 5. The molecule has 0 aliphatic rings. The molecule has 0 spiro atoms. The van der Waals surface area contributed by atoms with E-state index in [1.54, 1.807) is 25.1 Å². The predicted molar refractivity (Wildman–Crippen MR) is 83.2 cm³/mol. The summed E-state index contributed by atoms with van der Waals surface area (Å²) >= 11 is 1.44. The Labute approximate surface area is 129 Å². The predicted octanol–water partition coefficient (Wildman–Crippen LogP) is 2.64. The molecule has 0 atom stereocenters. The molecule has 0 saturated carbocycles. The summed E-state index contributed by atoms with van der Waals surface area (Å²) in [7, 11) is -3.55. The standard InChI is InChI=1S/C14H18N2O3S2/c1-4-19-12-5-6-13(10(2)7-12)21(17,18)15-8-14-16-11(3)9-20-14/h5-7,9,15H,4,8H2,1-3H3. The minimum Gasteiger partial charge on any atom is -0.494 e. The van der Waals surface area contributed by atoms with Crippen molar-refractivity contribution in [3.63, 3.8) is 0 Å². The maximum atomic E-state index is 12.3. The molecule has 2 aromatic rings. The molecule has 0 saturated heterocycles. The van der Waals surface area contributed by atoms with Gasteiger partial charge in [-0.2, -0.15) is 0 Å². The minimum absolute atomic E-state index is 0.202. The highest BCUT2D eigenvalue weighted by atomic mass is 32.2. The molecular formula is C14H18N2O3S2. The Hall–Kier alpha value is -1.44. The number of hydrogen-bond donors (Lipinski definition) is 1. The van der Waals surface area contributed by atoms with Crippen LogP contribution in [0.3, 0.4) is 0 Å². The Morgan fingerprint density at radius 3 is 2.67 bits per heavy atom. The van der Waals surface area contributed by atoms with Crippen LogP contribution < -0.4 is 9.46 Å². The van der Waals surface area contributed by atoms with Gasteiger partial charge in [0.05, 0.1) is 18.0 Å². The van der Waals surface area contributed by atoms with E-state index < -0.39 is 10.0 Å². The van der Waals surface area contributed by atoms with Gasteiger partial charge in [0, 0.05) is 11.1 Å². The third-order valence-electron chi connectivity index (χ3n) is 2.83. The van der Waals surface area contributed by atoms with Gasteiger partial charge in [0.25, 0.3) is 0 Å². The van der Waals surface area contributed by atoms with E-state index in [1.165, 1.54) is 11.3 Å². The van der Waals surface area contributed by atoms with Crippen molar-refractivity contribution in [3.8, 4) is 5.75 Å². The highest BCUT2D eigenvalue weighted by Crippen LogP contribution is 2.21. The van der Waals surface area contributed by atoms with E-state index in [0.29, 0.717) is 17.9 Å². The molecular weight excluding hydrogens is 308 g/mol. The summed E-state index contributed by atoms with van der Waals surface area (Å²) in [5, 5.41) is 2.64. The van der Waals surface area contributed by atoms with Crippen LogP contribution in [0.15, 0.2) is 28.5 Å². The van der Waals surface area contributed by atoms with Crippen LogP contribution in [0.1, 0.15) is 23.2 Å². The topological polar surface area (TPSA) is 68.3 Å². The summed E-state index contributed by atoms with van der Waals surface area (Å²) in [4.78, 5) is 4.50. The Balaban J connectivity index is 2.15. The third-order valence-corrected chi connectivity index (χ3v) is 5.36. The van der Waals surface area contributed by atoms with Crippen molar-refractivity contribution in [3.05, 3.63) is 39.8 Å². The van der Waals surface area contributed by atoms with Gasteiger partial charge in [0.2, 0.25) is 10.0 Å². The van der Waals surface area contributed by atoms with Gasteiger partial charge in [-0.25, -0.2) is 18.1 Å². The largest absolute Gasteiger partial charge is 0.494 e. The highest BCUT2D eigenvalue weighted by Gasteiger charge is 2.17. The lowest BCUT2D eigenvalue weighted by Crippen LogP contribution is -2.24. The number of nitrogens with zero attached hydrogens (tertiary/aromatic N) is 1. The van der Waals surface area contributed by atoms with Crippen LogP contribution in [0.5, 0.6) is 5.75 Å². The second-order valence-corrected chi connectivity index (χ2v) is 7.25. The lowest BCUT2D eigenvalue weighted by atomic mass is 10.2. The molecule has 21 heavy (non-hydrogen) atoms. The number of benzene rings is 1. The van der Waals surface area contributed by atoms with Gasteiger partial charge in [-0.3, -0.25) is 0 Å². The van der Waals surface area contributed by atoms with Crippen LogP contribution >= 0.6 is 11.3 Å². The van der Waals surface area contributed by atoms with E-state index in [1.807, 2.05) is 19.2 Å². The molecule has 1 aromatic carbocycles. The highest BCUT2D eigenvalue weighted by molar-refractivity contribution is 7.89. The first-order chi connectivity index (χ1) is 9.92. The van der Waals surface area contributed by atoms with E-state index >= 15 is 0 Å². The summed E-state index contributed by atoms with van der Waals surface area (Å²) in [5.41, 5.74) is 1.55. The second-order valence-electron chi connectivity index (χ2n) is 4.57. The number of nitrogens with one attached hydrogen (secondary N) is 1. The van der Waals surface area contributed by atoms with Crippen LogP contribution in [0.2, 0.25) is 0 Å². The average Bonchev–Trinajstić information content (AvgIpc) is 2.83. The number of aromatic nitrogens is 1. The van der Waals surface area contributed by atoms with Gasteiger partial charge >= 0.3 is 0 Å². The van der Waals surface area contributed by atoms with E-state index in [0.717, 1.165) is 10.7 Å². The summed E-state index contributed by atoms with van der Waals surface area (Å²) in [6.45, 7) is 6.27. The smallest absolute Gasteiger partial charge is 0.241 e. The molecule has 114 valence electrons. The Kier molecular flexibility index (Phi) is 4.97. The fourth-order valence-corrected chi connectivity index (χ4v) is 3.91. The van der Waals surface area contributed by atoms with Crippen molar-refractivity contribution in [1.82, 2.24) is 9.71 Å². The van der Waals surface area contributed by atoms with Gasteiger partial charge in [0.15, 0.2) is 0 Å². The molecule has 0 fully saturated rings. The number of sulfonamides is 1. The Bertz CT molecular complexity index is 724. The molecule has 1 aromatic heterocycles. The Morgan fingerprint density at radius 1 is 1.33 bits per heavy atom. The zero-order chi connectivity index (χ0) is 15.5. The number of rotatable bonds is 6. The molecule has 1 heterocycles. The number of ether oxygens (including phenoxy) is 1. The molecule has 5 nitrogen and oxygen atoms in total. The fraction of sp³-hybridized carbons (Fsp3) is 0.357. The average molecular weight is 326 g/mol. The zero-order valence-electron chi connectivity index (χ0n) is 12.2. The second kappa shape index (κ2) is 6.55. The molecule has 7 heteroatoms. The fourth-order valence-electron chi connectivity index (χ4n) is 1.90. The van der Waals surface area contributed by atoms with E-state index in [9.17, 15) is 8.42 Å². The van der Waals surface area contributed by atoms with E-state index in [-0.39, 0.29) is 11.4 Å². The van der Waals surface area contributed by atoms with Gasteiger partial charge in [-0.05, 0) is 44.5 Å².